The molecule has 0 unspecified atom stereocenters. The van der Waals surface area contributed by atoms with Gasteiger partial charge in [0.15, 0.2) is 0 Å². The van der Waals surface area contributed by atoms with Crippen molar-refractivity contribution < 1.29 is 0 Å². The first-order chi connectivity index (χ1) is 7.20. The SMILES string of the molecule is C=CC(=C(C)C=CC)c1ccccc1N. The van der Waals surface area contributed by atoms with Crippen molar-refractivity contribution in [3.8, 4) is 0 Å². The predicted octanol–water partition coefficient (Wildman–Crippen LogP) is 3.80. The van der Waals surface area contributed by atoms with Crippen LogP contribution in [0.5, 0.6) is 0 Å². The van der Waals surface area contributed by atoms with Crippen LogP contribution in [0.3, 0.4) is 0 Å². The fourth-order valence-electron chi connectivity index (χ4n) is 1.57. The Morgan fingerprint density at radius 1 is 1.33 bits per heavy atom. The van der Waals surface area contributed by atoms with E-state index in [9.17, 15) is 0 Å². The van der Waals surface area contributed by atoms with Gasteiger partial charge in [-0.2, -0.15) is 0 Å². The number of benzene rings is 1. The highest BCUT2D eigenvalue weighted by Crippen LogP contribution is 2.25. The summed E-state index contributed by atoms with van der Waals surface area (Å²) in [5.41, 5.74) is 10.0. The number of hydrogen-bond acceptors (Lipinski definition) is 1. The van der Waals surface area contributed by atoms with Gasteiger partial charge < -0.3 is 5.73 Å². The van der Waals surface area contributed by atoms with Crippen LogP contribution in [-0.4, -0.2) is 0 Å². The molecule has 0 aromatic heterocycles. The van der Waals surface area contributed by atoms with E-state index in [1.165, 1.54) is 5.57 Å². The van der Waals surface area contributed by atoms with Crippen LogP contribution < -0.4 is 5.73 Å². The molecule has 0 saturated carbocycles. The number of para-hydroxylation sites is 1. The summed E-state index contributed by atoms with van der Waals surface area (Å²) in [6.45, 7) is 7.89. The van der Waals surface area contributed by atoms with Crippen LogP contribution in [0.4, 0.5) is 5.69 Å². The van der Waals surface area contributed by atoms with Crippen LogP contribution >= 0.6 is 0 Å². The molecule has 1 nitrogen and oxygen atoms in total. The summed E-state index contributed by atoms with van der Waals surface area (Å²) in [4.78, 5) is 0. The van der Waals surface area contributed by atoms with Crippen molar-refractivity contribution in [2.45, 2.75) is 13.8 Å². The molecule has 0 bridgehead atoms. The Hall–Kier alpha value is -1.76. The largest absolute Gasteiger partial charge is 0.398 e. The Kier molecular flexibility index (Phi) is 3.92. The minimum absolute atomic E-state index is 0.788. The van der Waals surface area contributed by atoms with E-state index in [2.05, 4.69) is 19.6 Å². The normalized spacial score (nSPS) is 12.7. The maximum Gasteiger partial charge on any atom is 0.0393 e. The first-order valence-corrected chi connectivity index (χ1v) is 5.01. The Morgan fingerprint density at radius 2 is 2.00 bits per heavy atom. The van der Waals surface area contributed by atoms with Crippen molar-refractivity contribution in [3.63, 3.8) is 0 Å². The van der Waals surface area contributed by atoms with E-state index in [1.807, 2.05) is 43.3 Å². The molecule has 78 valence electrons. The van der Waals surface area contributed by atoms with Gasteiger partial charge in [0, 0.05) is 11.3 Å². The minimum atomic E-state index is 0.788. The average molecular weight is 199 g/mol. The molecule has 1 heteroatoms. The first-order valence-electron chi connectivity index (χ1n) is 5.01. The van der Waals surface area contributed by atoms with Crippen molar-refractivity contribution in [1.29, 1.82) is 0 Å². The topological polar surface area (TPSA) is 26.0 Å². The summed E-state index contributed by atoms with van der Waals surface area (Å²) in [5, 5.41) is 0. The minimum Gasteiger partial charge on any atom is -0.398 e. The molecule has 0 aliphatic carbocycles. The Bertz CT molecular complexity index is 411. The molecule has 0 amide bonds. The van der Waals surface area contributed by atoms with E-state index >= 15 is 0 Å². The van der Waals surface area contributed by atoms with Gasteiger partial charge >= 0.3 is 0 Å². The number of anilines is 1. The second-order valence-electron chi connectivity index (χ2n) is 3.39. The molecule has 1 aromatic rings. The first kappa shape index (κ1) is 11.3. The van der Waals surface area contributed by atoms with Crippen molar-refractivity contribution in [1.82, 2.24) is 0 Å². The highest BCUT2D eigenvalue weighted by Gasteiger charge is 2.03. The lowest BCUT2D eigenvalue weighted by atomic mass is 9.99. The second-order valence-corrected chi connectivity index (χ2v) is 3.39. The molecule has 0 aliphatic heterocycles. The quantitative estimate of drug-likeness (QED) is 0.581. The van der Waals surface area contributed by atoms with Crippen molar-refractivity contribution in [2.75, 3.05) is 5.73 Å². The summed E-state index contributed by atoms with van der Waals surface area (Å²) in [6.07, 6.45) is 5.92. The zero-order valence-electron chi connectivity index (χ0n) is 9.33. The number of allylic oxidation sites excluding steroid dienone is 5. The van der Waals surface area contributed by atoms with Crippen molar-refractivity contribution >= 4 is 11.3 Å². The van der Waals surface area contributed by atoms with Crippen molar-refractivity contribution in [3.05, 3.63) is 60.2 Å². The zero-order valence-corrected chi connectivity index (χ0v) is 9.33. The molecule has 0 fully saturated rings. The van der Waals surface area contributed by atoms with Crippen LogP contribution in [0.15, 0.2) is 54.6 Å². The van der Waals surface area contributed by atoms with E-state index < -0.39 is 0 Å². The highest BCUT2D eigenvalue weighted by molar-refractivity contribution is 5.83. The van der Waals surface area contributed by atoms with Gasteiger partial charge in [-0.1, -0.05) is 43.0 Å². The lowest BCUT2D eigenvalue weighted by molar-refractivity contribution is 1.48. The summed E-state index contributed by atoms with van der Waals surface area (Å²) in [6, 6.07) is 7.84. The molecule has 0 saturated heterocycles. The molecule has 0 spiro atoms. The molecule has 1 aromatic carbocycles. The maximum atomic E-state index is 5.92. The standard InChI is InChI=1S/C14H17N/c1-4-8-11(3)12(5-2)13-9-6-7-10-14(13)15/h4-10H,2,15H2,1,3H3. The van der Waals surface area contributed by atoms with Crippen LogP contribution in [0, 0.1) is 0 Å². The molecular weight excluding hydrogens is 182 g/mol. The lowest BCUT2D eigenvalue weighted by Gasteiger charge is -2.08. The molecule has 15 heavy (non-hydrogen) atoms. The Labute approximate surface area is 91.6 Å². The van der Waals surface area contributed by atoms with Crippen LogP contribution in [0.1, 0.15) is 19.4 Å². The van der Waals surface area contributed by atoms with Gasteiger partial charge in [0.2, 0.25) is 0 Å². The third kappa shape index (κ3) is 2.59. The summed E-state index contributed by atoms with van der Waals surface area (Å²) in [5.74, 6) is 0. The molecular formula is C14H17N. The average Bonchev–Trinajstić information content (AvgIpc) is 2.22. The van der Waals surface area contributed by atoms with E-state index in [0.717, 1.165) is 16.8 Å². The predicted molar refractivity (Wildman–Crippen MR) is 68.5 cm³/mol. The second kappa shape index (κ2) is 5.20. The fourth-order valence-corrected chi connectivity index (χ4v) is 1.57. The van der Waals surface area contributed by atoms with Gasteiger partial charge in [-0.25, -0.2) is 0 Å². The van der Waals surface area contributed by atoms with E-state index in [-0.39, 0.29) is 0 Å². The molecule has 0 atom stereocenters. The maximum absolute atomic E-state index is 5.92. The zero-order chi connectivity index (χ0) is 11.3. The number of nitrogen functional groups attached to an aromatic ring is 1. The van der Waals surface area contributed by atoms with E-state index in [4.69, 9.17) is 5.73 Å². The number of hydrogen-bond donors (Lipinski definition) is 1. The highest BCUT2D eigenvalue weighted by atomic mass is 14.6. The van der Waals surface area contributed by atoms with Crippen LogP contribution in [0.2, 0.25) is 0 Å². The lowest BCUT2D eigenvalue weighted by Crippen LogP contribution is -1.93. The van der Waals surface area contributed by atoms with Crippen LogP contribution in [-0.2, 0) is 0 Å². The Balaban J connectivity index is 3.31. The van der Waals surface area contributed by atoms with Crippen molar-refractivity contribution in [2.24, 2.45) is 0 Å². The third-order valence-corrected chi connectivity index (χ3v) is 2.30. The molecule has 0 heterocycles. The molecule has 1 rings (SSSR count). The summed E-state index contributed by atoms with van der Waals surface area (Å²) < 4.78 is 0. The van der Waals surface area contributed by atoms with E-state index in [1.54, 1.807) is 0 Å². The van der Waals surface area contributed by atoms with Gasteiger partial charge in [0.05, 0.1) is 0 Å². The molecule has 0 aliphatic rings. The van der Waals surface area contributed by atoms with Gasteiger partial charge in [-0.05, 0) is 31.1 Å². The van der Waals surface area contributed by atoms with Gasteiger partial charge in [0.1, 0.15) is 0 Å². The van der Waals surface area contributed by atoms with E-state index in [0.29, 0.717) is 0 Å². The monoisotopic (exact) mass is 199 g/mol. The third-order valence-electron chi connectivity index (χ3n) is 2.30. The molecule has 2 N–H and O–H groups in total. The smallest absolute Gasteiger partial charge is 0.0393 e. The van der Waals surface area contributed by atoms with Gasteiger partial charge in [-0.15, -0.1) is 0 Å². The summed E-state index contributed by atoms with van der Waals surface area (Å²) in [7, 11) is 0. The van der Waals surface area contributed by atoms with Crippen LogP contribution in [0.25, 0.3) is 5.57 Å². The fraction of sp³-hybridized carbons (Fsp3) is 0.143. The number of nitrogens with two attached hydrogens (primary N) is 1. The Morgan fingerprint density at radius 3 is 2.53 bits per heavy atom. The van der Waals surface area contributed by atoms with Gasteiger partial charge in [-0.3, -0.25) is 0 Å². The summed E-state index contributed by atoms with van der Waals surface area (Å²) >= 11 is 0. The van der Waals surface area contributed by atoms with Gasteiger partial charge in [0.25, 0.3) is 0 Å². The number of rotatable bonds is 3. The molecule has 0 radical (unpaired) electrons.